The molecule has 0 bridgehead atoms. The van der Waals surface area contributed by atoms with Crippen molar-refractivity contribution in [1.29, 1.82) is 0 Å². The summed E-state index contributed by atoms with van der Waals surface area (Å²) in [7, 11) is 0. The Hall–Kier alpha value is -2.78. The van der Waals surface area contributed by atoms with Crippen molar-refractivity contribution in [3.63, 3.8) is 0 Å². The average Bonchev–Trinajstić information content (AvgIpc) is 2.70. The van der Waals surface area contributed by atoms with Crippen molar-refractivity contribution in [3.05, 3.63) is 60.7 Å². The van der Waals surface area contributed by atoms with Crippen LogP contribution in [0.2, 0.25) is 0 Å². The van der Waals surface area contributed by atoms with E-state index in [4.69, 9.17) is 0 Å². The van der Waals surface area contributed by atoms with Crippen LogP contribution in [0.3, 0.4) is 0 Å². The van der Waals surface area contributed by atoms with E-state index in [-0.39, 0.29) is 5.71 Å². The van der Waals surface area contributed by atoms with Crippen LogP contribution in [0.5, 0.6) is 0 Å². The van der Waals surface area contributed by atoms with Gasteiger partial charge in [0.15, 0.2) is 0 Å². The Morgan fingerprint density at radius 2 is 1.33 bits per heavy atom. The molecule has 27 heavy (non-hydrogen) atoms. The molecule has 0 aliphatic rings. The van der Waals surface area contributed by atoms with E-state index < -0.39 is 24.4 Å². The zero-order chi connectivity index (χ0) is 19.6. The highest BCUT2D eigenvalue weighted by Gasteiger charge is 2.31. The first kappa shape index (κ1) is 20.5. The minimum absolute atomic E-state index is 0.0329. The Morgan fingerprint density at radius 3 is 1.85 bits per heavy atom. The highest BCUT2D eigenvalue weighted by atomic mass is 16.4. The third-order valence-electron chi connectivity index (χ3n) is 3.72. The molecule has 2 aromatic carbocycles. The highest BCUT2D eigenvalue weighted by molar-refractivity contribution is 6.33. The van der Waals surface area contributed by atoms with Crippen molar-refractivity contribution >= 4 is 23.3 Å². The van der Waals surface area contributed by atoms with Crippen molar-refractivity contribution in [2.75, 3.05) is 10.9 Å². The fourth-order valence-corrected chi connectivity index (χ4v) is 2.15. The Kier molecular flexibility index (Phi) is 7.90. The van der Waals surface area contributed by atoms with Gasteiger partial charge in [0.25, 0.3) is 0 Å². The molecule has 2 rings (SSSR count). The van der Waals surface area contributed by atoms with Crippen LogP contribution in [-0.2, 0) is 0 Å². The molecular weight excluding hydrogens is 348 g/mol. The molecule has 0 saturated carbocycles. The second-order valence-electron chi connectivity index (χ2n) is 5.92. The number of nitrogens with one attached hydrogen (secondary N) is 2. The van der Waals surface area contributed by atoms with Gasteiger partial charge in [-0.1, -0.05) is 36.4 Å². The Morgan fingerprint density at radius 1 is 0.815 bits per heavy atom. The van der Waals surface area contributed by atoms with Crippen LogP contribution in [0.15, 0.2) is 70.9 Å². The van der Waals surface area contributed by atoms with E-state index >= 15 is 0 Å². The van der Waals surface area contributed by atoms with Crippen molar-refractivity contribution in [1.82, 2.24) is 0 Å². The molecule has 0 amide bonds. The summed E-state index contributed by atoms with van der Waals surface area (Å²) in [4.78, 5) is 0. The van der Waals surface area contributed by atoms with Gasteiger partial charge in [-0.05, 0) is 31.2 Å². The normalized spacial score (nSPS) is 16.6. The van der Waals surface area contributed by atoms with Crippen LogP contribution < -0.4 is 10.9 Å². The van der Waals surface area contributed by atoms with Gasteiger partial charge >= 0.3 is 0 Å². The van der Waals surface area contributed by atoms with Gasteiger partial charge in [0.05, 0.1) is 23.7 Å². The van der Waals surface area contributed by atoms with E-state index in [1.165, 1.54) is 13.1 Å². The lowest BCUT2D eigenvalue weighted by atomic mass is 10.0. The highest BCUT2D eigenvalue weighted by Crippen LogP contribution is 2.09. The van der Waals surface area contributed by atoms with Gasteiger partial charge in [0, 0.05) is 0 Å². The third-order valence-corrected chi connectivity index (χ3v) is 3.72. The van der Waals surface area contributed by atoms with Crippen LogP contribution in [0.4, 0.5) is 11.4 Å². The fraction of sp³-hybridized carbons (Fsp3) is 0.263. The number of rotatable bonds is 9. The molecule has 0 spiro atoms. The number of para-hydroxylation sites is 2. The molecule has 4 atom stereocenters. The maximum Gasteiger partial charge on any atom is 0.128 e. The number of hydrogen-bond acceptors (Lipinski definition) is 8. The number of nitrogens with zero attached hydrogens (tertiary/aromatic N) is 2. The SMILES string of the molecule is C[C@H](O)[C@H](O)[C@H](O)[C@H](O)C(/C=N/Nc1ccccc1)=N/Nc1ccccc1. The van der Waals surface area contributed by atoms with Gasteiger partial charge in [0.2, 0.25) is 0 Å². The summed E-state index contributed by atoms with van der Waals surface area (Å²) in [5.74, 6) is 0. The van der Waals surface area contributed by atoms with Crippen LogP contribution >= 0.6 is 0 Å². The molecule has 8 heteroatoms. The maximum atomic E-state index is 10.4. The van der Waals surface area contributed by atoms with E-state index in [0.717, 1.165) is 5.69 Å². The van der Waals surface area contributed by atoms with Crippen LogP contribution in [0, 0.1) is 0 Å². The van der Waals surface area contributed by atoms with E-state index in [9.17, 15) is 20.4 Å². The molecule has 0 radical (unpaired) electrons. The molecule has 0 saturated heterocycles. The molecule has 0 aliphatic carbocycles. The van der Waals surface area contributed by atoms with Gasteiger partial charge in [-0.3, -0.25) is 10.9 Å². The first-order valence-electron chi connectivity index (χ1n) is 8.44. The number of benzene rings is 2. The average molecular weight is 372 g/mol. The van der Waals surface area contributed by atoms with Gasteiger partial charge in [-0.25, -0.2) is 0 Å². The molecule has 2 aromatic rings. The quantitative estimate of drug-likeness (QED) is 0.288. The summed E-state index contributed by atoms with van der Waals surface area (Å²) < 4.78 is 0. The van der Waals surface area contributed by atoms with Crippen molar-refractivity contribution in [3.8, 4) is 0 Å². The van der Waals surface area contributed by atoms with Crippen molar-refractivity contribution in [2.24, 2.45) is 10.2 Å². The number of aliphatic hydroxyl groups is 4. The van der Waals surface area contributed by atoms with Gasteiger partial charge in [0.1, 0.15) is 24.0 Å². The molecule has 0 unspecified atom stereocenters. The minimum atomic E-state index is -1.65. The predicted molar refractivity (Wildman–Crippen MR) is 106 cm³/mol. The fourth-order valence-electron chi connectivity index (χ4n) is 2.15. The number of anilines is 2. The minimum Gasteiger partial charge on any atom is -0.391 e. The van der Waals surface area contributed by atoms with E-state index in [1.54, 1.807) is 24.3 Å². The van der Waals surface area contributed by atoms with Gasteiger partial charge < -0.3 is 20.4 Å². The number of hydrazone groups is 2. The summed E-state index contributed by atoms with van der Waals surface area (Å²) in [5.41, 5.74) is 6.88. The Balaban J connectivity index is 2.16. The summed E-state index contributed by atoms with van der Waals surface area (Å²) in [6.45, 7) is 1.31. The molecule has 0 fully saturated rings. The monoisotopic (exact) mass is 372 g/mol. The summed E-state index contributed by atoms with van der Waals surface area (Å²) >= 11 is 0. The maximum absolute atomic E-state index is 10.4. The van der Waals surface area contributed by atoms with Crippen LogP contribution in [-0.4, -0.2) is 56.8 Å². The lowest BCUT2D eigenvalue weighted by Crippen LogP contribution is -2.47. The Bertz CT molecular complexity index is 738. The first-order chi connectivity index (χ1) is 13.0. The molecule has 0 aromatic heterocycles. The standard InChI is InChI=1S/C19H24N4O4/c1-13(24)17(25)19(27)18(26)16(23-22-15-10-6-3-7-11-15)12-20-21-14-8-4-2-5-9-14/h2-13,17-19,21-22,24-27H,1H3/b20-12+,23-16+/t13-,17-,18+,19-/m0/s1. The molecule has 0 aliphatic heterocycles. The predicted octanol–water partition coefficient (Wildman–Crippen LogP) is 1.02. The van der Waals surface area contributed by atoms with Gasteiger partial charge in [-0.2, -0.15) is 10.2 Å². The third kappa shape index (κ3) is 6.46. The lowest BCUT2D eigenvalue weighted by Gasteiger charge is -2.24. The smallest absolute Gasteiger partial charge is 0.128 e. The molecule has 0 heterocycles. The van der Waals surface area contributed by atoms with E-state index in [1.807, 2.05) is 36.4 Å². The number of hydrogen-bond donors (Lipinski definition) is 6. The van der Waals surface area contributed by atoms with E-state index in [2.05, 4.69) is 21.1 Å². The first-order valence-corrected chi connectivity index (χ1v) is 8.44. The van der Waals surface area contributed by atoms with Crippen molar-refractivity contribution < 1.29 is 20.4 Å². The summed E-state index contributed by atoms with van der Waals surface area (Å²) in [6, 6.07) is 18.2. The van der Waals surface area contributed by atoms with Crippen molar-refractivity contribution in [2.45, 2.75) is 31.3 Å². The Labute approximate surface area is 157 Å². The molecular formula is C19H24N4O4. The second kappa shape index (κ2) is 10.4. The summed E-state index contributed by atoms with van der Waals surface area (Å²) in [6.07, 6.45) is -4.77. The van der Waals surface area contributed by atoms with Crippen LogP contribution in [0.25, 0.3) is 0 Å². The lowest BCUT2D eigenvalue weighted by molar-refractivity contribution is -0.0826. The zero-order valence-corrected chi connectivity index (χ0v) is 14.8. The van der Waals surface area contributed by atoms with E-state index in [0.29, 0.717) is 5.69 Å². The summed E-state index contributed by atoms with van der Waals surface area (Å²) in [5, 5.41) is 47.8. The number of aliphatic hydroxyl groups excluding tert-OH is 4. The molecule has 144 valence electrons. The van der Waals surface area contributed by atoms with Gasteiger partial charge in [-0.15, -0.1) is 0 Å². The molecule has 6 N–H and O–H groups in total. The second-order valence-corrected chi connectivity index (χ2v) is 5.92. The topological polar surface area (TPSA) is 130 Å². The molecule has 8 nitrogen and oxygen atoms in total. The largest absolute Gasteiger partial charge is 0.391 e. The van der Waals surface area contributed by atoms with Crippen LogP contribution in [0.1, 0.15) is 6.92 Å². The zero-order valence-electron chi connectivity index (χ0n) is 14.8.